The number of nitrogens with one attached hydrogen (secondary N) is 1. The van der Waals surface area contributed by atoms with E-state index in [9.17, 15) is 0 Å². The van der Waals surface area contributed by atoms with Gasteiger partial charge >= 0.3 is 0 Å². The Morgan fingerprint density at radius 2 is 1.65 bits per heavy atom. The smallest absolute Gasteiger partial charge is 0.0440 e. The van der Waals surface area contributed by atoms with Crippen molar-refractivity contribution in [3.05, 3.63) is 29.3 Å². The van der Waals surface area contributed by atoms with Crippen LogP contribution < -0.4 is 5.32 Å². The molecule has 0 saturated heterocycles. The predicted octanol–water partition coefficient (Wildman–Crippen LogP) is 6.93. The predicted molar refractivity (Wildman–Crippen MR) is 104 cm³/mol. The summed E-state index contributed by atoms with van der Waals surface area (Å²) >= 11 is 2.65. The first-order chi connectivity index (χ1) is 9.47. The number of benzene rings is 1. The normalized spacial score (nSPS) is 13.0. The average molecular weight is 405 g/mol. The summed E-state index contributed by atoms with van der Waals surface area (Å²) in [6.07, 6.45) is 5.18. The minimum atomic E-state index is 0.0854. The van der Waals surface area contributed by atoms with E-state index in [1.54, 1.807) is 0 Å². The quantitative estimate of drug-likeness (QED) is 0.365. The van der Waals surface area contributed by atoms with E-state index in [0.717, 1.165) is 6.29 Å². The van der Waals surface area contributed by atoms with E-state index >= 15 is 0 Å². The van der Waals surface area contributed by atoms with Crippen LogP contribution in [0.3, 0.4) is 0 Å². The SMILES string of the molecule is CCCCP(I)CNc1c(C(C)C)cccc1C(C)C. The van der Waals surface area contributed by atoms with Gasteiger partial charge in [0.1, 0.15) is 0 Å². The lowest BCUT2D eigenvalue weighted by Crippen LogP contribution is -2.08. The Morgan fingerprint density at radius 1 is 1.10 bits per heavy atom. The van der Waals surface area contributed by atoms with Crippen molar-refractivity contribution in [1.82, 2.24) is 0 Å². The molecule has 20 heavy (non-hydrogen) atoms. The standard InChI is InChI=1S/C17H29INP/c1-6-7-11-20(18)12-19-17-15(13(2)3)9-8-10-16(17)14(4)5/h8-10,13-14,19H,6-7,11-12H2,1-5H3. The van der Waals surface area contributed by atoms with Gasteiger partial charge in [0.2, 0.25) is 0 Å². The summed E-state index contributed by atoms with van der Waals surface area (Å²) in [6, 6.07) is 6.76. The molecule has 0 radical (unpaired) electrons. The fourth-order valence-corrected chi connectivity index (χ4v) is 5.01. The number of anilines is 1. The van der Waals surface area contributed by atoms with Gasteiger partial charge in [-0.3, -0.25) is 0 Å². The molecule has 114 valence electrons. The van der Waals surface area contributed by atoms with Gasteiger partial charge in [-0.2, -0.15) is 0 Å². The third-order valence-corrected chi connectivity index (χ3v) is 7.33. The van der Waals surface area contributed by atoms with Gasteiger partial charge in [0.15, 0.2) is 0 Å². The van der Waals surface area contributed by atoms with Crippen molar-refractivity contribution in [3.8, 4) is 0 Å². The van der Waals surface area contributed by atoms with Crippen molar-refractivity contribution >= 4 is 33.3 Å². The highest BCUT2D eigenvalue weighted by Crippen LogP contribution is 2.46. The Kier molecular flexibility index (Phi) is 8.43. The summed E-state index contributed by atoms with van der Waals surface area (Å²) in [5, 5.41) is 3.77. The van der Waals surface area contributed by atoms with Gasteiger partial charge in [-0.25, -0.2) is 0 Å². The fourth-order valence-electron chi connectivity index (χ4n) is 2.33. The second-order valence-electron chi connectivity index (χ2n) is 6.00. The highest BCUT2D eigenvalue weighted by molar-refractivity contribution is 14.2. The first kappa shape index (κ1) is 18.2. The maximum absolute atomic E-state index is 3.77. The summed E-state index contributed by atoms with van der Waals surface area (Å²) in [6.45, 7) is 11.4. The molecule has 0 saturated carbocycles. The molecule has 3 heteroatoms. The van der Waals surface area contributed by atoms with Crippen LogP contribution in [0, 0.1) is 0 Å². The lowest BCUT2D eigenvalue weighted by atomic mass is 9.93. The van der Waals surface area contributed by atoms with E-state index < -0.39 is 0 Å². The summed E-state index contributed by atoms with van der Waals surface area (Å²) in [7, 11) is 0. The van der Waals surface area contributed by atoms with E-state index in [1.165, 1.54) is 35.8 Å². The molecule has 0 fully saturated rings. The number of unbranched alkanes of at least 4 members (excludes halogenated alkanes) is 1. The maximum Gasteiger partial charge on any atom is 0.0440 e. The van der Waals surface area contributed by atoms with Gasteiger partial charge in [-0.05, 0) is 41.1 Å². The Hall–Kier alpha value is 0.180. The van der Waals surface area contributed by atoms with E-state index in [0.29, 0.717) is 11.8 Å². The molecule has 1 nitrogen and oxygen atoms in total. The van der Waals surface area contributed by atoms with Gasteiger partial charge in [-0.15, -0.1) is 0 Å². The van der Waals surface area contributed by atoms with Crippen molar-refractivity contribution < 1.29 is 0 Å². The molecule has 1 rings (SSSR count). The highest BCUT2D eigenvalue weighted by Gasteiger charge is 2.14. The number of hydrogen-bond donors (Lipinski definition) is 1. The van der Waals surface area contributed by atoms with Crippen LogP contribution >= 0.6 is 27.6 Å². The molecule has 1 aromatic rings. The second kappa shape index (κ2) is 9.25. The van der Waals surface area contributed by atoms with Crippen LogP contribution in [0.2, 0.25) is 0 Å². The monoisotopic (exact) mass is 405 g/mol. The van der Waals surface area contributed by atoms with Crippen molar-refractivity contribution in [2.45, 2.75) is 59.3 Å². The van der Waals surface area contributed by atoms with Crippen LogP contribution in [0.5, 0.6) is 0 Å². The molecule has 0 aliphatic rings. The molecule has 1 unspecified atom stereocenters. The van der Waals surface area contributed by atoms with Crippen LogP contribution in [0.4, 0.5) is 5.69 Å². The van der Waals surface area contributed by atoms with Gasteiger partial charge in [0.25, 0.3) is 0 Å². The maximum atomic E-state index is 3.77. The minimum absolute atomic E-state index is 0.0854. The van der Waals surface area contributed by atoms with Crippen LogP contribution in [0.1, 0.15) is 70.4 Å². The van der Waals surface area contributed by atoms with Gasteiger partial charge in [0, 0.05) is 12.0 Å². The van der Waals surface area contributed by atoms with Crippen molar-refractivity contribution in [3.63, 3.8) is 0 Å². The Labute approximate surface area is 139 Å². The largest absolute Gasteiger partial charge is 0.380 e. The molecule has 0 bridgehead atoms. The molecule has 0 aliphatic carbocycles. The molecular formula is C17H29INP. The minimum Gasteiger partial charge on any atom is -0.380 e. The zero-order valence-electron chi connectivity index (χ0n) is 13.5. The van der Waals surface area contributed by atoms with Crippen LogP contribution in [0.25, 0.3) is 0 Å². The Balaban J connectivity index is 2.85. The molecule has 0 heterocycles. The van der Waals surface area contributed by atoms with Crippen LogP contribution in [-0.4, -0.2) is 12.4 Å². The third kappa shape index (κ3) is 5.52. The van der Waals surface area contributed by atoms with Crippen LogP contribution in [0.15, 0.2) is 18.2 Å². The van der Waals surface area contributed by atoms with Crippen molar-refractivity contribution in [1.29, 1.82) is 0 Å². The van der Waals surface area contributed by atoms with Crippen molar-refractivity contribution in [2.75, 3.05) is 17.8 Å². The number of hydrogen-bond acceptors (Lipinski definition) is 1. The van der Waals surface area contributed by atoms with Gasteiger partial charge in [0.05, 0.1) is 0 Å². The molecule has 0 aromatic heterocycles. The molecule has 0 amide bonds. The van der Waals surface area contributed by atoms with E-state index in [-0.39, 0.29) is 5.56 Å². The Bertz CT molecular complexity index is 378. The summed E-state index contributed by atoms with van der Waals surface area (Å²) in [4.78, 5) is 0. The van der Waals surface area contributed by atoms with Crippen LogP contribution in [-0.2, 0) is 0 Å². The zero-order chi connectivity index (χ0) is 15.1. The fraction of sp³-hybridized carbons (Fsp3) is 0.647. The number of rotatable bonds is 8. The zero-order valence-corrected chi connectivity index (χ0v) is 16.6. The lowest BCUT2D eigenvalue weighted by Gasteiger charge is -2.22. The summed E-state index contributed by atoms with van der Waals surface area (Å²) < 4.78 is 0. The molecule has 0 spiro atoms. The lowest BCUT2D eigenvalue weighted by molar-refractivity contribution is 0.836. The number of para-hydroxylation sites is 1. The van der Waals surface area contributed by atoms with E-state index in [4.69, 9.17) is 0 Å². The van der Waals surface area contributed by atoms with Gasteiger partial charge < -0.3 is 5.32 Å². The average Bonchev–Trinajstić information content (AvgIpc) is 2.42. The van der Waals surface area contributed by atoms with E-state index in [1.807, 2.05) is 0 Å². The molecule has 0 aliphatic heterocycles. The second-order valence-corrected chi connectivity index (χ2v) is 11.8. The first-order valence-corrected chi connectivity index (χ1v) is 12.2. The highest BCUT2D eigenvalue weighted by atomic mass is 127. The summed E-state index contributed by atoms with van der Waals surface area (Å²) in [5.41, 5.74) is 4.42. The topological polar surface area (TPSA) is 12.0 Å². The van der Waals surface area contributed by atoms with Gasteiger partial charge in [-0.1, -0.05) is 81.3 Å². The Morgan fingerprint density at radius 3 is 2.10 bits per heavy atom. The molecule has 1 atom stereocenters. The molecular weight excluding hydrogens is 376 g/mol. The van der Waals surface area contributed by atoms with E-state index in [2.05, 4.69) is 80.2 Å². The van der Waals surface area contributed by atoms with Crippen molar-refractivity contribution in [2.24, 2.45) is 0 Å². The summed E-state index contributed by atoms with van der Waals surface area (Å²) in [5.74, 6) is 1.15. The third-order valence-electron chi connectivity index (χ3n) is 3.55. The number of halogens is 1. The first-order valence-electron chi connectivity index (χ1n) is 7.74. The molecule has 1 N–H and O–H groups in total. The molecule has 1 aromatic carbocycles.